The molecule has 4 aromatic rings. The zero-order valence-electron chi connectivity index (χ0n) is 23.6. The van der Waals surface area contributed by atoms with Crippen LogP contribution in [0.15, 0.2) is 70.0 Å². The number of carboxylic acids is 1. The van der Waals surface area contributed by atoms with Gasteiger partial charge in [-0.3, -0.25) is 15.0 Å². The van der Waals surface area contributed by atoms with Crippen molar-refractivity contribution in [1.29, 1.82) is 0 Å². The molecule has 1 unspecified atom stereocenters. The molecule has 0 saturated carbocycles. The van der Waals surface area contributed by atoms with Crippen molar-refractivity contribution in [3.63, 3.8) is 0 Å². The molecule has 0 aliphatic heterocycles. The molecular weight excluding hydrogens is 548 g/mol. The Kier molecular flexibility index (Phi) is 8.41. The molecule has 1 atom stereocenters. The lowest BCUT2D eigenvalue weighted by Gasteiger charge is -2.30. The molecule has 0 aliphatic carbocycles. The lowest BCUT2D eigenvalue weighted by atomic mass is 10.1. The van der Waals surface area contributed by atoms with E-state index in [1.807, 2.05) is 30.3 Å². The van der Waals surface area contributed by atoms with Gasteiger partial charge in [-0.25, -0.2) is 8.42 Å². The van der Waals surface area contributed by atoms with Crippen LogP contribution in [0.5, 0.6) is 11.5 Å². The van der Waals surface area contributed by atoms with Crippen molar-refractivity contribution < 1.29 is 37.0 Å². The minimum absolute atomic E-state index is 0.187. The summed E-state index contributed by atoms with van der Waals surface area (Å²) in [5.41, 5.74) is 5.31. The highest BCUT2D eigenvalue weighted by Gasteiger charge is 2.40. The van der Waals surface area contributed by atoms with Crippen molar-refractivity contribution in [2.45, 2.75) is 38.6 Å². The molecule has 1 aromatic heterocycles. The van der Waals surface area contributed by atoms with Crippen molar-refractivity contribution in [3.05, 3.63) is 77.6 Å². The fourth-order valence-corrected chi connectivity index (χ4v) is 6.27. The molecule has 3 aromatic carbocycles. The third-order valence-corrected chi connectivity index (χ3v) is 8.58. The molecule has 10 nitrogen and oxygen atoms in total. The Morgan fingerprint density at radius 2 is 1.49 bits per heavy atom. The average Bonchev–Trinajstić information content (AvgIpc) is 3.31. The normalized spacial score (nSPS) is 12.5. The quantitative estimate of drug-likeness (QED) is 0.245. The molecule has 0 fully saturated rings. The summed E-state index contributed by atoms with van der Waals surface area (Å²) in [4.78, 5) is 25.7. The number of benzene rings is 3. The second-order valence-electron chi connectivity index (χ2n) is 9.83. The maximum atomic E-state index is 13.9. The van der Waals surface area contributed by atoms with E-state index in [2.05, 4.69) is 5.43 Å². The van der Waals surface area contributed by atoms with Crippen LogP contribution in [-0.2, 0) is 14.8 Å². The number of nitrogens with one attached hydrogen (secondary N) is 1. The van der Waals surface area contributed by atoms with Crippen molar-refractivity contribution in [1.82, 2.24) is 9.84 Å². The first-order valence-electron chi connectivity index (χ1n) is 12.8. The van der Waals surface area contributed by atoms with Crippen molar-refractivity contribution in [2.24, 2.45) is 5.92 Å². The number of carboxylic acid groups (broad SMARTS) is 1. The molecule has 0 radical (unpaired) electrons. The van der Waals surface area contributed by atoms with Crippen LogP contribution in [-0.4, -0.2) is 50.1 Å². The van der Waals surface area contributed by atoms with Crippen molar-refractivity contribution in [2.75, 3.05) is 14.2 Å². The number of amides is 1. The summed E-state index contributed by atoms with van der Waals surface area (Å²) in [6, 6.07) is 15.4. The van der Waals surface area contributed by atoms with Crippen LogP contribution in [0.4, 0.5) is 0 Å². The van der Waals surface area contributed by atoms with E-state index in [1.165, 1.54) is 26.4 Å². The van der Waals surface area contributed by atoms with E-state index in [0.717, 1.165) is 11.1 Å². The van der Waals surface area contributed by atoms with E-state index in [-0.39, 0.29) is 10.7 Å². The number of aliphatic carboxylic acids is 1. The molecule has 1 amide bonds. The van der Waals surface area contributed by atoms with Crippen LogP contribution in [0, 0.1) is 19.8 Å². The van der Waals surface area contributed by atoms with Gasteiger partial charge in [-0.05, 0) is 43.0 Å². The minimum Gasteiger partial charge on any atom is -0.496 e. The van der Waals surface area contributed by atoms with Gasteiger partial charge in [0.25, 0.3) is 10.0 Å². The zero-order valence-corrected chi connectivity index (χ0v) is 24.4. The van der Waals surface area contributed by atoms with E-state index in [1.54, 1.807) is 45.9 Å². The third-order valence-electron chi connectivity index (χ3n) is 6.88. The highest BCUT2D eigenvalue weighted by atomic mass is 32.2. The number of carbonyl (C=O) groups excluding carboxylic acids is 1. The predicted octanol–water partition coefficient (Wildman–Crippen LogP) is 5.18. The standard InChI is InChI=1S/C30H32N2O8S/c1-17(2)26(30(34)35)32(41(36,37)22-14-12-21(13-15-22)20-10-8-7-9-11-20)31-29(33)28-19(4)25-24(39-6)16-23(38-5)18(3)27(25)40-28/h7-17,26H,1-6H3,(H,31,33)(H,34,35). The van der Waals surface area contributed by atoms with Gasteiger partial charge in [0.05, 0.1) is 24.5 Å². The lowest BCUT2D eigenvalue weighted by Crippen LogP contribution is -2.56. The second-order valence-corrected chi connectivity index (χ2v) is 11.6. The summed E-state index contributed by atoms with van der Waals surface area (Å²) < 4.78 is 45.0. The van der Waals surface area contributed by atoms with Crippen LogP contribution in [0.25, 0.3) is 22.1 Å². The van der Waals surface area contributed by atoms with E-state index in [4.69, 9.17) is 13.9 Å². The Morgan fingerprint density at radius 3 is 2.02 bits per heavy atom. The van der Waals surface area contributed by atoms with Gasteiger partial charge in [-0.15, -0.1) is 0 Å². The smallest absolute Gasteiger partial charge is 0.324 e. The zero-order chi connectivity index (χ0) is 30.1. The van der Waals surface area contributed by atoms with Gasteiger partial charge >= 0.3 is 11.9 Å². The fourth-order valence-electron chi connectivity index (χ4n) is 4.73. The monoisotopic (exact) mass is 580 g/mol. The number of aryl methyl sites for hydroxylation is 2. The Hall–Kier alpha value is -4.35. The Morgan fingerprint density at radius 1 is 0.902 bits per heavy atom. The van der Waals surface area contributed by atoms with Crippen molar-refractivity contribution in [3.8, 4) is 22.6 Å². The molecule has 0 bridgehead atoms. The van der Waals surface area contributed by atoms with Gasteiger partial charge in [0.1, 0.15) is 23.1 Å². The summed E-state index contributed by atoms with van der Waals surface area (Å²) in [5.74, 6) is -2.37. The van der Waals surface area contributed by atoms with Crippen LogP contribution in [0.3, 0.4) is 0 Å². The largest absolute Gasteiger partial charge is 0.496 e. The van der Waals surface area contributed by atoms with E-state index < -0.39 is 33.9 Å². The Bertz CT molecular complexity index is 1690. The number of furan rings is 1. The highest BCUT2D eigenvalue weighted by molar-refractivity contribution is 7.89. The van der Waals surface area contributed by atoms with E-state index in [0.29, 0.717) is 38.0 Å². The first kappa shape index (κ1) is 29.6. The van der Waals surface area contributed by atoms with Crippen LogP contribution < -0.4 is 14.9 Å². The molecule has 216 valence electrons. The molecular formula is C30H32N2O8S. The maximum Gasteiger partial charge on any atom is 0.324 e. The molecule has 4 rings (SSSR count). The minimum atomic E-state index is -4.53. The maximum absolute atomic E-state index is 13.9. The summed E-state index contributed by atoms with van der Waals surface area (Å²) in [6.45, 7) is 6.49. The molecule has 0 saturated heterocycles. The summed E-state index contributed by atoms with van der Waals surface area (Å²) in [5, 5.41) is 10.5. The van der Waals surface area contributed by atoms with E-state index in [9.17, 15) is 23.1 Å². The number of hydrogen-bond acceptors (Lipinski definition) is 7. The number of carbonyl (C=O) groups is 2. The first-order valence-corrected chi connectivity index (χ1v) is 14.2. The van der Waals surface area contributed by atoms with Gasteiger partial charge < -0.3 is 19.0 Å². The number of nitrogens with zero attached hydrogens (tertiary/aromatic N) is 1. The van der Waals surface area contributed by atoms with E-state index >= 15 is 0 Å². The number of rotatable bonds is 10. The fraction of sp³-hybridized carbons (Fsp3) is 0.267. The predicted molar refractivity (Wildman–Crippen MR) is 153 cm³/mol. The Balaban J connectivity index is 1.79. The summed E-state index contributed by atoms with van der Waals surface area (Å²) >= 11 is 0. The van der Waals surface area contributed by atoms with Crippen LogP contribution in [0.2, 0.25) is 0 Å². The van der Waals surface area contributed by atoms with Crippen molar-refractivity contribution >= 4 is 32.9 Å². The van der Waals surface area contributed by atoms with Gasteiger partial charge in [-0.1, -0.05) is 60.7 Å². The second kappa shape index (κ2) is 11.6. The molecule has 0 aliphatic rings. The third kappa shape index (κ3) is 5.50. The topological polar surface area (TPSA) is 135 Å². The Labute approximate surface area is 238 Å². The van der Waals surface area contributed by atoms with Gasteiger partial charge in [-0.2, -0.15) is 0 Å². The lowest BCUT2D eigenvalue weighted by molar-refractivity contribution is -0.143. The molecule has 2 N–H and O–H groups in total. The number of sulfonamides is 1. The molecule has 11 heteroatoms. The van der Waals surface area contributed by atoms with Gasteiger partial charge in [0, 0.05) is 17.2 Å². The SMILES string of the molecule is COc1cc(OC)c2c(C)c(C(=O)NN(C(C(=O)O)C(C)C)S(=O)(=O)c3ccc(-c4ccccc4)cc3)oc2c1C. The summed E-state index contributed by atoms with van der Waals surface area (Å²) in [7, 11) is -1.58. The molecule has 0 spiro atoms. The number of hydrazine groups is 1. The number of hydrogen-bond donors (Lipinski definition) is 2. The highest BCUT2D eigenvalue weighted by Crippen LogP contribution is 2.40. The van der Waals surface area contributed by atoms with Gasteiger partial charge in [0.15, 0.2) is 5.76 Å². The molecule has 41 heavy (non-hydrogen) atoms. The van der Waals surface area contributed by atoms with Crippen LogP contribution in [0.1, 0.15) is 35.5 Å². The number of methoxy groups -OCH3 is 2. The van der Waals surface area contributed by atoms with Gasteiger partial charge in [0.2, 0.25) is 0 Å². The first-order chi connectivity index (χ1) is 19.4. The number of ether oxygens (including phenoxy) is 2. The van der Waals surface area contributed by atoms with Crippen LogP contribution >= 0.6 is 0 Å². The number of fused-ring (bicyclic) bond motifs is 1. The average molecular weight is 581 g/mol. The molecule has 1 heterocycles. The summed E-state index contributed by atoms with van der Waals surface area (Å²) in [6.07, 6.45) is 0.